The van der Waals surface area contributed by atoms with Gasteiger partial charge >= 0.3 is 11.9 Å². The van der Waals surface area contributed by atoms with E-state index in [9.17, 15) is 9.59 Å². The Kier molecular flexibility index (Phi) is 12.2. The first-order valence-corrected chi connectivity index (χ1v) is 10.00. The predicted molar refractivity (Wildman–Crippen MR) is 102 cm³/mol. The summed E-state index contributed by atoms with van der Waals surface area (Å²) in [6, 6.07) is 4.73. The van der Waals surface area contributed by atoms with E-state index in [1.165, 1.54) is 32.1 Å². The first kappa shape index (κ1) is 22.1. The standard InChI is InChI=1S/C21H33NO4/c1-3-5-7-8-9-10-12-17-26-21(24)19-15-13-14-18(22-19)20(23)25-16-11-6-4-2/h13-15H,3-12,16-17H2,1-2H3. The summed E-state index contributed by atoms with van der Waals surface area (Å²) in [5.41, 5.74) is 0.294. The molecular weight excluding hydrogens is 330 g/mol. The van der Waals surface area contributed by atoms with Crippen molar-refractivity contribution in [2.24, 2.45) is 0 Å². The van der Waals surface area contributed by atoms with Gasteiger partial charge in [-0.2, -0.15) is 0 Å². The molecule has 0 aromatic carbocycles. The highest BCUT2D eigenvalue weighted by molar-refractivity contribution is 5.91. The van der Waals surface area contributed by atoms with Crippen LogP contribution in [0.1, 0.15) is 99.0 Å². The van der Waals surface area contributed by atoms with E-state index in [1.807, 2.05) is 0 Å². The average molecular weight is 363 g/mol. The van der Waals surface area contributed by atoms with E-state index in [2.05, 4.69) is 18.8 Å². The van der Waals surface area contributed by atoms with Gasteiger partial charge in [-0.15, -0.1) is 0 Å². The summed E-state index contributed by atoms with van der Waals surface area (Å²) in [5, 5.41) is 0. The lowest BCUT2D eigenvalue weighted by molar-refractivity contribution is 0.0482. The van der Waals surface area contributed by atoms with Gasteiger partial charge in [0.1, 0.15) is 11.4 Å². The Balaban J connectivity index is 2.30. The molecule has 1 aromatic rings. The van der Waals surface area contributed by atoms with Crippen molar-refractivity contribution >= 4 is 11.9 Å². The monoisotopic (exact) mass is 363 g/mol. The van der Waals surface area contributed by atoms with Gasteiger partial charge in [-0.3, -0.25) is 0 Å². The molecule has 1 rings (SSSR count). The van der Waals surface area contributed by atoms with Gasteiger partial charge in [-0.1, -0.05) is 71.3 Å². The molecule has 0 unspecified atom stereocenters. The number of aromatic nitrogens is 1. The molecular formula is C21H33NO4. The number of hydrogen-bond acceptors (Lipinski definition) is 5. The number of carbonyl (C=O) groups is 2. The maximum atomic E-state index is 12.1. The van der Waals surface area contributed by atoms with Crippen LogP contribution in [-0.4, -0.2) is 30.1 Å². The van der Waals surface area contributed by atoms with Gasteiger partial charge < -0.3 is 9.47 Å². The third kappa shape index (κ3) is 9.54. The maximum absolute atomic E-state index is 12.1. The molecule has 0 amide bonds. The first-order valence-electron chi connectivity index (χ1n) is 10.00. The molecule has 0 fully saturated rings. The summed E-state index contributed by atoms with van der Waals surface area (Å²) in [7, 11) is 0. The van der Waals surface area contributed by atoms with Crippen molar-refractivity contribution in [3.63, 3.8) is 0 Å². The molecule has 0 bridgehead atoms. The second-order valence-electron chi connectivity index (χ2n) is 6.51. The Morgan fingerprint density at radius 3 is 1.69 bits per heavy atom. The minimum absolute atomic E-state index is 0.145. The number of rotatable bonds is 14. The molecule has 1 heterocycles. The Labute approximate surface area is 157 Å². The van der Waals surface area contributed by atoms with Gasteiger partial charge in [-0.05, 0) is 25.0 Å². The normalized spacial score (nSPS) is 10.5. The van der Waals surface area contributed by atoms with Crippen molar-refractivity contribution in [1.82, 2.24) is 4.98 Å². The fourth-order valence-electron chi connectivity index (χ4n) is 2.55. The number of ether oxygens (including phenoxy) is 2. The van der Waals surface area contributed by atoms with E-state index < -0.39 is 11.9 Å². The minimum atomic E-state index is -0.497. The van der Waals surface area contributed by atoms with E-state index in [0.717, 1.165) is 32.1 Å². The lowest BCUT2D eigenvalue weighted by Gasteiger charge is -2.07. The van der Waals surface area contributed by atoms with Gasteiger partial charge in [-0.25, -0.2) is 14.6 Å². The zero-order valence-electron chi connectivity index (χ0n) is 16.3. The summed E-state index contributed by atoms with van der Waals surface area (Å²) >= 11 is 0. The van der Waals surface area contributed by atoms with Crippen molar-refractivity contribution in [3.05, 3.63) is 29.6 Å². The molecule has 146 valence electrons. The van der Waals surface area contributed by atoms with Gasteiger partial charge in [0.05, 0.1) is 13.2 Å². The van der Waals surface area contributed by atoms with Gasteiger partial charge in [0.15, 0.2) is 0 Å². The van der Waals surface area contributed by atoms with Crippen LogP contribution in [0, 0.1) is 0 Å². The second-order valence-corrected chi connectivity index (χ2v) is 6.51. The van der Waals surface area contributed by atoms with Crippen LogP contribution in [0.25, 0.3) is 0 Å². The van der Waals surface area contributed by atoms with Crippen LogP contribution in [0.3, 0.4) is 0 Å². The summed E-state index contributed by atoms with van der Waals surface area (Å²) in [6.07, 6.45) is 11.1. The molecule has 0 N–H and O–H groups in total. The average Bonchev–Trinajstić information content (AvgIpc) is 2.67. The van der Waals surface area contributed by atoms with Gasteiger partial charge in [0, 0.05) is 0 Å². The molecule has 0 aliphatic rings. The van der Waals surface area contributed by atoms with Crippen molar-refractivity contribution in [2.45, 2.75) is 78.1 Å². The van der Waals surface area contributed by atoms with E-state index >= 15 is 0 Å². The fraction of sp³-hybridized carbons (Fsp3) is 0.667. The topological polar surface area (TPSA) is 65.5 Å². The zero-order chi connectivity index (χ0) is 19.0. The van der Waals surface area contributed by atoms with E-state index in [1.54, 1.807) is 18.2 Å². The summed E-state index contributed by atoms with van der Waals surface area (Å²) in [4.78, 5) is 28.1. The molecule has 1 aromatic heterocycles. The van der Waals surface area contributed by atoms with Crippen LogP contribution in [-0.2, 0) is 9.47 Å². The lowest BCUT2D eigenvalue weighted by Crippen LogP contribution is -2.13. The summed E-state index contributed by atoms with van der Waals surface area (Å²) in [6.45, 7) is 5.06. The molecule has 5 nitrogen and oxygen atoms in total. The zero-order valence-corrected chi connectivity index (χ0v) is 16.3. The molecule has 0 saturated carbocycles. The van der Waals surface area contributed by atoms with Crippen LogP contribution < -0.4 is 0 Å². The maximum Gasteiger partial charge on any atom is 0.356 e. The first-order chi connectivity index (χ1) is 12.7. The SMILES string of the molecule is CCCCCCCCCOC(=O)c1cccc(C(=O)OCCCCC)n1. The Bertz CT molecular complexity index is 530. The molecule has 26 heavy (non-hydrogen) atoms. The molecule has 0 aliphatic heterocycles. The highest BCUT2D eigenvalue weighted by Crippen LogP contribution is 2.08. The number of nitrogens with zero attached hydrogens (tertiary/aromatic N) is 1. The number of esters is 2. The van der Waals surface area contributed by atoms with Crippen LogP contribution in [0.15, 0.2) is 18.2 Å². The Morgan fingerprint density at radius 2 is 1.15 bits per heavy atom. The van der Waals surface area contributed by atoms with Crippen molar-refractivity contribution in [1.29, 1.82) is 0 Å². The number of carbonyl (C=O) groups excluding carboxylic acids is 2. The van der Waals surface area contributed by atoms with E-state index in [0.29, 0.717) is 13.2 Å². The van der Waals surface area contributed by atoms with Crippen LogP contribution in [0.5, 0.6) is 0 Å². The molecule has 0 atom stereocenters. The summed E-state index contributed by atoms with van der Waals surface area (Å²) in [5.74, 6) is -0.987. The third-order valence-electron chi connectivity index (χ3n) is 4.13. The summed E-state index contributed by atoms with van der Waals surface area (Å²) < 4.78 is 10.4. The Morgan fingerprint density at radius 1 is 0.731 bits per heavy atom. The van der Waals surface area contributed by atoms with Crippen LogP contribution >= 0.6 is 0 Å². The van der Waals surface area contributed by atoms with Gasteiger partial charge in [0.2, 0.25) is 0 Å². The quantitative estimate of drug-likeness (QED) is 0.330. The number of hydrogen-bond donors (Lipinski definition) is 0. The van der Waals surface area contributed by atoms with E-state index in [-0.39, 0.29) is 11.4 Å². The van der Waals surface area contributed by atoms with Gasteiger partial charge in [0.25, 0.3) is 0 Å². The lowest BCUT2D eigenvalue weighted by atomic mass is 10.1. The van der Waals surface area contributed by atoms with Crippen molar-refractivity contribution in [2.75, 3.05) is 13.2 Å². The number of unbranched alkanes of at least 4 members (excludes halogenated alkanes) is 8. The number of pyridine rings is 1. The molecule has 0 radical (unpaired) electrons. The second kappa shape index (κ2) is 14.3. The highest BCUT2D eigenvalue weighted by Gasteiger charge is 2.14. The largest absolute Gasteiger partial charge is 0.461 e. The van der Waals surface area contributed by atoms with Crippen molar-refractivity contribution in [3.8, 4) is 0 Å². The van der Waals surface area contributed by atoms with E-state index in [4.69, 9.17) is 9.47 Å². The molecule has 0 saturated heterocycles. The molecule has 5 heteroatoms. The third-order valence-corrected chi connectivity index (χ3v) is 4.13. The smallest absolute Gasteiger partial charge is 0.356 e. The minimum Gasteiger partial charge on any atom is -0.461 e. The molecule has 0 aliphatic carbocycles. The van der Waals surface area contributed by atoms with Crippen LogP contribution in [0.4, 0.5) is 0 Å². The Hall–Kier alpha value is -1.91. The van der Waals surface area contributed by atoms with Crippen molar-refractivity contribution < 1.29 is 19.1 Å². The van der Waals surface area contributed by atoms with Crippen LogP contribution in [0.2, 0.25) is 0 Å². The highest BCUT2D eigenvalue weighted by atomic mass is 16.5. The predicted octanol–water partition coefficient (Wildman–Crippen LogP) is 5.34. The fourth-order valence-corrected chi connectivity index (χ4v) is 2.55. The molecule has 0 spiro atoms.